The summed E-state index contributed by atoms with van der Waals surface area (Å²) in [5.41, 5.74) is 2.08. The molecule has 3 rings (SSSR count). The summed E-state index contributed by atoms with van der Waals surface area (Å²) < 4.78 is 29.4. The van der Waals surface area contributed by atoms with Crippen molar-refractivity contribution in [2.45, 2.75) is 49.1 Å². The zero-order valence-electron chi connectivity index (χ0n) is 16.0. The number of aliphatic hydroxyl groups is 1. The van der Waals surface area contributed by atoms with E-state index in [9.17, 15) is 13.9 Å². The van der Waals surface area contributed by atoms with E-state index in [1.165, 1.54) is 29.5 Å². The maximum absolute atomic E-state index is 13.7. The Kier molecular flexibility index (Phi) is 6.86. The van der Waals surface area contributed by atoms with Crippen LogP contribution >= 0.6 is 11.8 Å². The molecular weight excluding hydrogens is 378 g/mol. The van der Waals surface area contributed by atoms with Crippen molar-refractivity contribution in [1.82, 2.24) is 9.55 Å². The minimum absolute atomic E-state index is 0.00140. The smallest absolute Gasteiger partial charge is 0.127 e. The van der Waals surface area contributed by atoms with Crippen LogP contribution in [0, 0.1) is 11.6 Å². The lowest BCUT2D eigenvalue weighted by atomic mass is 10.1. The van der Waals surface area contributed by atoms with Gasteiger partial charge in [-0.3, -0.25) is 0 Å². The molecule has 1 N–H and O–H groups in total. The van der Waals surface area contributed by atoms with Gasteiger partial charge in [0.1, 0.15) is 22.5 Å². The Labute approximate surface area is 168 Å². The van der Waals surface area contributed by atoms with E-state index in [0.29, 0.717) is 17.9 Å². The molecule has 0 atom stereocenters. The highest BCUT2D eigenvalue weighted by molar-refractivity contribution is 7.99. The van der Waals surface area contributed by atoms with Gasteiger partial charge in [-0.15, -0.1) is 0 Å². The van der Waals surface area contributed by atoms with Crippen LogP contribution in [0.5, 0.6) is 0 Å². The molecular formula is C22H24F2N2OS. The van der Waals surface area contributed by atoms with Gasteiger partial charge in [0.05, 0.1) is 12.3 Å². The van der Waals surface area contributed by atoms with Crippen molar-refractivity contribution in [1.29, 1.82) is 0 Å². The number of nitrogens with zero attached hydrogens (tertiary/aromatic N) is 2. The normalized spacial score (nSPS) is 11.4. The van der Waals surface area contributed by atoms with Crippen molar-refractivity contribution in [3.63, 3.8) is 0 Å². The van der Waals surface area contributed by atoms with Crippen LogP contribution in [0.4, 0.5) is 8.78 Å². The fourth-order valence-electron chi connectivity index (χ4n) is 3.09. The highest BCUT2D eigenvalue weighted by atomic mass is 32.2. The van der Waals surface area contributed by atoms with Gasteiger partial charge in [-0.25, -0.2) is 13.8 Å². The summed E-state index contributed by atoms with van der Waals surface area (Å²) >= 11 is 1.32. The molecule has 0 fully saturated rings. The molecule has 0 spiro atoms. The van der Waals surface area contributed by atoms with Crippen LogP contribution in [-0.4, -0.2) is 21.3 Å². The molecule has 0 aliphatic rings. The number of aryl methyl sites for hydroxylation is 1. The monoisotopic (exact) mass is 402 g/mol. The van der Waals surface area contributed by atoms with E-state index in [1.54, 1.807) is 0 Å². The first kappa shape index (κ1) is 20.6. The largest absolute Gasteiger partial charge is 0.396 e. The van der Waals surface area contributed by atoms with Gasteiger partial charge in [0.2, 0.25) is 0 Å². The highest BCUT2D eigenvalue weighted by Gasteiger charge is 2.20. The van der Waals surface area contributed by atoms with Crippen LogP contribution in [-0.2, 0) is 19.4 Å². The molecule has 0 radical (unpaired) electrons. The molecule has 0 aliphatic heterocycles. The fourth-order valence-corrected chi connectivity index (χ4v) is 4.35. The lowest BCUT2D eigenvalue weighted by molar-refractivity contribution is 0.294. The number of hydrogen-bond donors (Lipinski definition) is 1. The number of aromatic nitrogens is 2. The molecule has 1 aromatic heterocycles. The van der Waals surface area contributed by atoms with Crippen LogP contribution in [0.2, 0.25) is 0 Å². The molecule has 0 saturated carbocycles. The fraction of sp³-hybridized carbons (Fsp3) is 0.318. The number of rotatable bonds is 8. The number of benzene rings is 2. The SMILES string of the molecule is CC(C)c1nc(CCO)n(CCc2ccccc2)c1Sc1cc(F)cc(F)c1. The topological polar surface area (TPSA) is 38.1 Å². The minimum atomic E-state index is -0.598. The van der Waals surface area contributed by atoms with Gasteiger partial charge in [-0.2, -0.15) is 0 Å². The van der Waals surface area contributed by atoms with Crippen molar-refractivity contribution in [3.8, 4) is 0 Å². The van der Waals surface area contributed by atoms with Gasteiger partial charge in [0, 0.05) is 23.9 Å². The van der Waals surface area contributed by atoms with Crippen LogP contribution in [0.3, 0.4) is 0 Å². The Morgan fingerprint density at radius 1 is 1.04 bits per heavy atom. The first-order valence-electron chi connectivity index (χ1n) is 9.36. The minimum Gasteiger partial charge on any atom is -0.396 e. The Morgan fingerprint density at radius 3 is 2.32 bits per heavy atom. The molecule has 0 amide bonds. The van der Waals surface area contributed by atoms with E-state index in [4.69, 9.17) is 4.98 Å². The summed E-state index contributed by atoms with van der Waals surface area (Å²) in [4.78, 5) is 5.24. The molecule has 0 saturated heterocycles. The summed E-state index contributed by atoms with van der Waals surface area (Å²) in [6.07, 6.45) is 1.24. The van der Waals surface area contributed by atoms with Crippen molar-refractivity contribution >= 4 is 11.8 Å². The molecule has 0 aliphatic carbocycles. The molecule has 6 heteroatoms. The van der Waals surface area contributed by atoms with Crippen molar-refractivity contribution in [3.05, 3.63) is 77.2 Å². The Bertz CT molecular complexity index is 906. The molecule has 1 heterocycles. The lowest BCUT2D eigenvalue weighted by Crippen LogP contribution is -2.09. The molecule has 28 heavy (non-hydrogen) atoms. The number of imidazole rings is 1. The second-order valence-electron chi connectivity index (χ2n) is 6.94. The van der Waals surface area contributed by atoms with Gasteiger partial charge in [0.15, 0.2) is 0 Å². The molecule has 0 unspecified atom stereocenters. The van der Waals surface area contributed by atoms with E-state index in [1.807, 2.05) is 32.0 Å². The Morgan fingerprint density at radius 2 is 1.71 bits per heavy atom. The summed E-state index contributed by atoms with van der Waals surface area (Å²) in [6, 6.07) is 13.7. The molecule has 3 aromatic rings. The summed E-state index contributed by atoms with van der Waals surface area (Å²) in [5.74, 6) is -0.253. The number of halogens is 2. The molecule has 148 valence electrons. The van der Waals surface area contributed by atoms with E-state index in [2.05, 4.69) is 16.7 Å². The highest BCUT2D eigenvalue weighted by Crippen LogP contribution is 2.35. The third-order valence-corrected chi connectivity index (χ3v) is 5.52. The number of aliphatic hydroxyl groups excluding tert-OH is 1. The van der Waals surface area contributed by atoms with E-state index < -0.39 is 11.6 Å². The van der Waals surface area contributed by atoms with Gasteiger partial charge in [0.25, 0.3) is 0 Å². The van der Waals surface area contributed by atoms with Gasteiger partial charge < -0.3 is 9.67 Å². The third kappa shape index (κ3) is 5.00. The predicted molar refractivity (Wildman–Crippen MR) is 108 cm³/mol. The van der Waals surface area contributed by atoms with E-state index in [0.717, 1.165) is 29.0 Å². The zero-order valence-corrected chi connectivity index (χ0v) is 16.8. The van der Waals surface area contributed by atoms with Crippen LogP contribution < -0.4 is 0 Å². The maximum Gasteiger partial charge on any atom is 0.127 e. The standard InChI is InChI=1S/C22H24F2N2OS/c1-15(2)21-22(28-19-13-17(23)12-18(24)14-19)26(20(25-21)9-11-27)10-8-16-6-4-3-5-7-16/h3-7,12-15,27H,8-11H2,1-2H3. The van der Waals surface area contributed by atoms with Crippen LogP contribution in [0.15, 0.2) is 58.5 Å². The van der Waals surface area contributed by atoms with Gasteiger partial charge >= 0.3 is 0 Å². The lowest BCUT2D eigenvalue weighted by Gasteiger charge is -2.13. The Hall–Kier alpha value is -2.18. The number of hydrogen-bond acceptors (Lipinski definition) is 3. The first-order chi connectivity index (χ1) is 13.5. The van der Waals surface area contributed by atoms with Crippen LogP contribution in [0.25, 0.3) is 0 Å². The third-order valence-electron chi connectivity index (χ3n) is 4.43. The predicted octanol–water partition coefficient (Wildman–Crippen LogP) is 5.21. The molecule has 3 nitrogen and oxygen atoms in total. The zero-order chi connectivity index (χ0) is 20.1. The van der Waals surface area contributed by atoms with Gasteiger partial charge in [-0.1, -0.05) is 55.9 Å². The first-order valence-corrected chi connectivity index (χ1v) is 10.2. The van der Waals surface area contributed by atoms with Crippen molar-refractivity contribution < 1.29 is 13.9 Å². The average Bonchev–Trinajstić information content (AvgIpc) is 2.98. The second kappa shape index (κ2) is 9.34. The van der Waals surface area contributed by atoms with E-state index in [-0.39, 0.29) is 12.5 Å². The van der Waals surface area contributed by atoms with Crippen molar-refractivity contribution in [2.24, 2.45) is 0 Å². The second-order valence-corrected chi connectivity index (χ2v) is 8.00. The quantitative estimate of drug-likeness (QED) is 0.562. The maximum atomic E-state index is 13.7. The van der Waals surface area contributed by atoms with Gasteiger partial charge in [-0.05, 0) is 30.0 Å². The van der Waals surface area contributed by atoms with Crippen molar-refractivity contribution in [2.75, 3.05) is 6.61 Å². The summed E-state index contributed by atoms with van der Waals surface area (Å²) in [7, 11) is 0. The van der Waals surface area contributed by atoms with E-state index >= 15 is 0 Å². The summed E-state index contributed by atoms with van der Waals surface area (Å²) in [6.45, 7) is 4.77. The van der Waals surface area contributed by atoms with Crippen LogP contribution in [0.1, 0.15) is 36.8 Å². The Balaban J connectivity index is 1.99. The molecule has 0 bridgehead atoms. The summed E-state index contributed by atoms with van der Waals surface area (Å²) in [5, 5.41) is 10.3. The average molecular weight is 403 g/mol. The molecule has 2 aromatic carbocycles.